The van der Waals surface area contributed by atoms with E-state index >= 15 is 0 Å². The molecule has 0 fully saturated rings. The van der Waals surface area contributed by atoms with Gasteiger partial charge in [-0.05, 0) is 53.2 Å². The van der Waals surface area contributed by atoms with E-state index in [0.29, 0.717) is 23.7 Å². The van der Waals surface area contributed by atoms with Crippen LogP contribution in [0.25, 0.3) is 11.0 Å². The number of hydrogen-bond donors (Lipinski definition) is 0. The van der Waals surface area contributed by atoms with Crippen molar-refractivity contribution in [3.05, 3.63) is 28.6 Å². The van der Waals surface area contributed by atoms with Crippen LogP contribution in [0.4, 0.5) is 0 Å². The second kappa shape index (κ2) is 12.0. The summed E-state index contributed by atoms with van der Waals surface area (Å²) in [6.45, 7) is 12.5. The molecule has 174 valence electrons. The van der Waals surface area contributed by atoms with E-state index in [1.165, 1.54) is 38.5 Å². The number of benzene rings is 1. The van der Waals surface area contributed by atoms with Crippen LogP contribution in [0.3, 0.4) is 0 Å². The average Bonchev–Trinajstić information content (AvgIpc) is 2.67. The molecule has 0 unspecified atom stereocenters. The first-order chi connectivity index (χ1) is 14.7. The van der Waals surface area contributed by atoms with Gasteiger partial charge in [-0.2, -0.15) is 0 Å². The zero-order chi connectivity index (χ0) is 22.9. The summed E-state index contributed by atoms with van der Waals surface area (Å²) < 4.78 is 23.3. The third-order valence-electron chi connectivity index (χ3n) is 4.81. The van der Waals surface area contributed by atoms with E-state index in [1.54, 1.807) is 6.07 Å². The van der Waals surface area contributed by atoms with Gasteiger partial charge in [-0.1, -0.05) is 51.9 Å². The molecule has 0 aliphatic carbocycles. The Hall–Kier alpha value is -2.17. The second-order valence-corrected chi connectivity index (χ2v) is 9.41. The predicted molar refractivity (Wildman–Crippen MR) is 127 cm³/mol. The van der Waals surface area contributed by atoms with Crippen LogP contribution < -0.4 is 19.8 Å². The van der Waals surface area contributed by atoms with Gasteiger partial charge >= 0.3 is 5.63 Å². The molecule has 1 aromatic heterocycles. The molecule has 1 heterocycles. The summed E-state index contributed by atoms with van der Waals surface area (Å²) in [5.74, 6) is 1.26. The maximum absolute atomic E-state index is 12.6. The lowest BCUT2D eigenvalue weighted by Gasteiger charge is -2.21. The van der Waals surface area contributed by atoms with Gasteiger partial charge in [-0.3, -0.25) is 0 Å². The summed E-state index contributed by atoms with van der Waals surface area (Å²) in [5.41, 5.74) is -0.432. The monoisotopic (exact) mass is 432 g/mol. The molecule has 31 heavy (non-hydrogen) atoms. The minimum absolute atomic E-state index is 0.145. The molecule has 0 radical (unpaired) electrons. The molecule has 2 rings (SSSR count). The van der Waals surface area contributed by atoms with Crippen molar-refractivity contribution in [1.82, 2.24) is 0 Å². The number of fused-ring (bicyclic) bond motifs is 1. The third-order valence-corrected chi connectivity index (χ3v) is 4.81. The highest BCUT2D eigenvalue weighted by molar-refractivity contribution is 5.86. The van der Waals surface area contributed by atoms with Gasteiger partial charge in [0.15, 0.2) is 5.75 Å². The zero-order valence-corrected chi connectivity index (χ0v) is 20.2. The molecular formula is C26H40O5. The van der Waals surface area contributed by atoms with Crippen LogP contribution in [0, 0.1) is 0 Å². The van der Waals surface area contributed by atoms with Crippen molar-refractivity contribution in [2.24, 2.45) is 0 Å². The highest BCUT2D eigenvalue weighted by Crippen LogP contribution is 2.35. The molecular weight excluding hydrogens is 392 g/mol. The summed E-state index contributed by atoms with van der Waals surface area (Å²) in [6.07, 6.45) is 9.64. The molecule has 5 nitrogen and oxygen atoms in total. The zero-order valence-electron chi connectivity index (χ0n) is 20.2. The summed E-state index contributed by atoms with van der Waals surface area (Å²) in [5, 5.41) is 0.719. The van der Waals surface area contributed by atoms with Crippen molar-refractivity contribution in [2.45, 2.75) is 105 Å². The Labute approximate surface area is 187 Å². The van der Waals surface area contributed by atoms with Crippen molar-refractivity contribution >= 4 is 11.0 Å². The topological polar surface area (TPSA) is 57.9 Å². The largest absolute Gasteiger partial charge is 0.489 e. The minimum Gasteiger partial charge on any atom is -0.489 e. The van der Waals surface area contributed by atoms with Crippen molar-refractivity contribution in [1.29, 1.82) is 0 Å². The Morgan fingerprint density at radius 3 is 2.19 bits per heavy atom. The van der Waals surface area contributed by atoms with Crippen LogP contribution in [0.15, 0.2) is 27.4 Å². The highest BCUT2D eigenvalue weighted by atomic mass is 16.5. The Morgan fingerprint density at radius 1 is 0.935 bits per heavy atom. The Morgan fingerprint density at radius 2 is 1.58 bits per heavy atom. The van der Waals surface area contributed by atoms with Gasteiger partial charge < -0.3 is 18.6 Å². The standard InChI is InChI=1S/C26H40O5/c1-7-8-9-10-11-12-13-14-17-28-23-21-16-15-20(31-26(4,5)6)18-22(21)30-25(27)24(23)29-19(2)3/h15-16,18-19H,7-14,17H2,1-6H3. The normalized spacial score (nSPS) is 11.8. The van der Waals surface area contributed by atoms with Gasteiger partial charge in [0.25, 0.3) is 0 Å². The fraction of sp³-hybridized carbons (Fsp3) is 0.654. The fourth-order valence-corrected chi connectivity index (χ4v) is 3.44. The van der Waals surface area contributed by atoms with Crippen LogP contribution in [-0.2, 0) is 0 Å². The van der Waals surface area contributed by atoms with Crippen LogP contribution in [0.5, 0.6) is 17.2 Å². The van der Waals surface area contributed by atoms with Gasteiger partial charge in [0.2, 0.25) is 5.75 Å². The highest BCUT2D eigenvalue weighted by Gasteiger charge is 2.20. The van der Waals surface area contributed by atoms with Gasteiger partial charge in [0, 0.05) is 6.07 Å². The van der Waals surface area contributed by atoms with Crippen LogP contribution in [-0.4, -0.2) is 18.3 Å². The maximum atomic E-state index is 12.6. The molecule has 0 aliphatic heterocycles. The maximum Gasteiger partial charge on any atom is 0.383 e. The lowest BCUT2D eigenvalue weighted by molar-refractivity contribution is 0.131. The molecule has 0 atom stereocenters. The van der Waals surface area contributed by atoms with E-state index < -0.39 is 5.63 Å². The SMILES string of the molecule is CCCCCCCCCCOc1c(OC(C)C)c(=O)oc2cc(OC(C)(C)C)ccc12. The summed E-state index contributed by atoms with van der Waals surface area (Å²) in [7, 11) is 0. The van der Waals surface area contributed by atoms with E-state index in [4.69, 9.17) is 18.6 Å². The quantitative estimate of drug-likeness (QED) is 0.246. The number of unbranched alkanes of at least 4 members (excludes halogenated alkanes) is 7. The molecule has 1 aromatic carbocycles. The average molecular weight is 433 g/mol. The summed E-state index contributed by atoms with van der Waals surface area (Å²) >= 11 is 0. The van der Waals surface area contributed by atoms with Gasteiger partial charge in [-0.15, -0.1) is 0 Å². The molecule has 0 saturated carbocycles. The molecule has 0 bridgehead atoms. The lowest BCUT2D eigenvalue weighted by atomic mass is 10.1. The molecule has 0 N–H and O–H groups in total. The number of hydrogen-bond acceptors (Lipinski definition) is 5. The Kier molecular flexibility index (Phi) is 9.73. The van der Waals surface area contributed by atoms with E-state index in [9.17, 15) is 4.79 Å². The van der Waals surface area contributed by atoms with Crippen LogP contribution in [0.2, 0.25) is 0 Å². The van der Waals surface area contributed by atoms with Crippen molar-refractivity contribution in [3.63, 3.8) is 0 Å². The predicted octanol–water partition coefficient (Wildman–Crippen LogP) is 7.28. The van der Waals surface area contributed by atoms with Gasteiger partial charge in [0.05, 0.1) is 18.1 Å². The fourth-order valence-electron chi connectivity index (χ4n) is 3.44. The molecule has 0 saturated heterocycles. The Balaban J connectivity index is 2.12. The van der Waals surface area contributed by atoms with Crippen molar-refractivity contribution in [2.75, 3.05) is 6.61 Å². The van der Waals surface area contributed by atoms with E-state index in [2.05, 4.69) is 6.92 Å². The lowest BCUT2D eigenvalue weighted by Crippen LogP contribution is -2.22. The number of ether oxygens (including phenoxy) is 3. The molecule has 5 heteroatoms. The number of rotatable bonds is 13. The van der Waals surface area contributed by atoms with Gasteiger partial charge in [0.1, 0.15) is 16.9 Å². The Bertz CT molecular complexity index is 860. The van der Waals surface area contributed by atoms with E-state index in [0.717, 1.165) is 18.2 Å². The molecule has 0 spiro atoms. The van der Waals surface area contributed by atoms with Gasteiger partial charge in [-0.25, -0.2) is 4.79 Å². The first kappa shape index (κ1) is 25.1. The van der Waals surface area contributed by atoms with Crippen molar-refractivity contribution in [3.8, 4) is 17.2 Å². The molecule has 2 aromatic rings. The summed E-state index contributed by atoms with van der Waals surface area (Å²) in [4.78, 5) is 12.6. The second-order valence-electron chi connectivity index (χ2n) is 9.41. The first-order valence-corrected chi connectivity index (χ1v) is 11.8. The van der Waals surface area contributed by atoms with E-state index in [1.807, 2.05) is 46.8 Å². The minimum atomic E-state index is -0.528. The van der Waals surface area contributed by atoms with Crippen molar-refractivity contribution < 1.29 is 18.6 Å². The molecule has 0 aliphatic rings. The first-order valence-electron chi connectivity index (χ1n) is 11.8. The molecule has 0 amide bonds. The van der Waals surface area contributed by atoms with Crippen LogP contribution >= 0.6 is 0 Å². The summed E-state index contributed by atoms with van der Waals surface area (Å²) in [6, 6.07) is 5.48. The van der Waals surface area contributed by atoms with E-state index in [-0.39, 0.29) is 17.5 Å². The smallest absolute Gasteiger partial charge is 0.383 e. The third kappa shape index (κ3) is 8.47. The van der Waals surface area contributed by atoms with Crippen LogP contribution in [0.1, 0.15) is 92.9 Å².